The lowest BCUT2D eigenvalue weighted by molar-refractivity contribution is -0.139. The topological polar surface area (TPSA) is 96.0 Å². The summed E-state index contributed by atoms with van der Waals surface area (Å²) in [4.78, 5) is 28.7. The number of carbonyl (C=O) groups excluding carboxylic acids is 2. The quantitative estimate of drug-likeness (QED) is 0.297. The maximum absolute atomic E-state index is 14.1. The van der Waals surface area contributed by atoms with Crippen LogP contribution in [0.2, 0.25) is 5.02 Å². The zero-order chi connectivity index (χ0) is 30.3. The molecule has 2 atom stereocenters. The van der Waals surface area contributed by atoms with E-state index in [1.165, 1.54) is 17.0 Å². The standard InChI is InChI=1S/C31H38ClN3O5S/c1-7-23(4)33-31(37)24(5)34(19-25-10-13-27(40-6)14-11-25)30(36)20-35(29-17-12-26(32)18-22(29)3)41(38,39)28-15-8-21(2)9-16-28/h8-18,23-24H,7,19-20H2,1-6H3,(H,33,37)/t23-,24+/m0/s1. The Morgan fingerprint density at radius 1 is 0.976 bits per heavy atom. The summed E-state index contributed by atoms with van der Waals surface area (Å²) in [6.07, 6.45) is 0.725. The minimum atomic E-state index is -4.16. The normalized spacial score (nSPS) is 12.8. The van der Waals surface area contributed by atoms with Crippen molar-refractivity contribution < 1.29 is 22.7 Å². The van der Waals surface area contributed by atoms with Crippen LogP contribution in [-0.4, -0.2) is 50.9 Å². The molecule has 0 bridgehead atoms. The summed E-state index contributed by atoms with van der Waals surface area (Å²) in [6.45, 7) is 8.67. The second kappa shape index (κ2) is 13.9. The molecule has 1 N–H and O–H groups in total. The summed E-state index contributed by atoms with van der Waals surface area (Å²) >= 11 is 6.17. The summed E-state index contributed by atoms with van der Waals surface area (Å²) in [5.74, 6) is -0.197. The smallest absolute Gasteiger partial charge is 0.264 e. The molecule has 0 aliphatic carbocycles. The number of hydrogen-bond donors (Lipinski definition) is 1. The van der Waals surface area contributed by atoms with Gasteiger partial charge in [0, 0.05) is 17.6 Å². The van der Waals surface area contributed by atoms with Crippen molar-refractivity contribution in [3.63, 3.8) is 0 Å². The first-order valence-corrected chi connectivity index (χ1v) is 15.3. The number of halogens is 1. The Kier molecular flexibility index (Phi) is 10.8. The van der Waals surface area contributed by atoms with Crippen LogP contribution in [0.15, 0.2) is 71.6 Å². The van der Waals surface area contributed by atoms with Crippen LogP contribution < -0.4 is 14.4 Å². The van der Waals surface area contributed by atoms with Gasteiger partial charge >= 0.3 is 0 Å². The van der Waals surface area contributed by atoms with E-state index in [-0.39, 0.29) is 23.4 Å². The molecular weight excluding hydrogens is 562 g/mol. The second-order valence-electron chi connectivity index (χ2n) is 10.1. The molecule has 3 rings (SSSR count). The van der Waals surface area contributed by atoms with E-state index in [0.717, 1.165) is 21.9 Å². The van der Waals surface area contributed by atoms with Crippen LogP contribution in [-0.2, 0) is 26.2 Å². The van der Waals surface area contributed by atoms with E-state index < -0.39 is 28.5 Å². The molecular formula is C31H38ClN3O5S. The number of amides is 2. The van der Waals surface area contributed by atoms with Gasteiger partial charge in [-0.2, -0.15) is 0 Å². The van der Waals surface area contributed by atoms with Crippen LogP contribution >= 0.6 is 11.6 Å². The van der Waals surface area contributed by atoms with E-state index in [1.807, 2.05) is 32.9 Å². The monoisotopic (exact) mass is 599 g/mol. The average Bonchev–Trinajstić information content (AvgIpc) is 2.94. The predicted octanol–water partition coefficient (Wildman–Crippen LogP) is 5.49. The van der Waals surface area contributed by atoms with E-state index >= 15 is 0 Å². The molecule has 0 aromatic heterocycles. The van der Waals surface area contributed by atoms with Crippen molar-refractivity contribution in [2.24, 2.45) is 0 Å². The molecule has 3 aromatic carbocycles. The molecule has 0 radical (unpaired) electrons. The number of ether oxygens (including phenoxy) is 1. The summed E-state index contributed by atoms with van der Waals surface area (Å²) in [5, 5.41) is 3.38. The number of methoxy groups -OCH3 is 1. The van der Waals surface area contributed by atoms with Gasteiger partial charge in [0.15, 0.2) is 0 Å². The molecule has 10 heteroatoms. The van der Waals surface area contributed by atoms with Crippen molar-refractivity contribution in [3.8, 4) is 5.75 Å². The van der Waals surface area contributed by atoms with Gasteiger partial charge in [0.1, 0.15) is 18.3 Å². The van der Waals surface area contributed by atoms with E-state index in [4.69, 9.17) is 16.3 Å². The molecule has 0 aliphatic rings. The number of sulfonamides is 1. The fourth-order valence-electron chi connectivity index (χ4n) is 4.23. The highest BCUT2D eigenvalue weighted by Gasteiger charge is 2.33. The molecule has 0 spiro atoms. The maximum Gasteiger partial charge on any atom is 0.264 e. The van der Waals surface area contributed by atoms with Crippen LogP contribution in [0.5, 0.6) is 5.75 Å². The lowest BCUT2D eigenvalue weighted by Crippen LogP contribution is -2.52. The van der Waals surface area contributed by atoms with Gasteiger partial charge in [-0.05, 0) is 87.7 Å². The fourth-order valence-corrected chi connectivity index (χ4v) is 5.93. The number of nitrogens with zero attached hydrogens (tertiary/aromatic N) is 2. The number of aryl methyl sites for hydroxylation is 2. The summed E-state index contributed by atoms with van der Waals surface area (Å²) in [7, 11) is -2.60. The van der Waals surface area contributed by atoms with Gasteiger partial charge < -0.3 is 15.0 Å². The highest BCUT2D eigenvalue weighted by atomic mass is 35.5. The molecule has 0 unspecified atom stereocenters. The van der Waals surface area contributed by atoms with Gasteiger partial charge in [0.2, 0.25) is 11.8 Å². The van der Waals surface area contributed by atoms with Crippen molar-refractivity contribution in [2.45, 2.75) is 64.6 Å². The van der Waals surface area contributed by atoms with Gasteiger partial charge in [0.25, 0.3) is 10.0 Å². The highest BCUT2D eigenvalue weighted by molar-refractivity contribution is 7.92. The van der Waals surface area contributed by atoms with Gasteiger partial charge in [-0.25, -0.2) is 8.42 Å². The number of rotatable bonds is 12. The predicted molar refractivity (Wildman–Crippen MR) is 163 cm³/mol. The molecule has 0 fully saturated rings. The fraction of sp³-hybridized carbons (Fsp3) is 0.355. The van der Waals surface area contributed by atoms with Crippen molar-refractivity contribution in [3.05, 3.63) is 88.4 Å². The molecule has 8 nitrogen and oxygen atoms in total. The van der Waals surface area contributed by atoms with Gasteiger partial charge in [-0.3, -0.25) is 13.9 Å². The Balaban J connectivity index is 2.05. The van der Waals surface area contributed by atoms with E-state index in [9.17, 15) is 18.0 Å². The van der Waals surface area contributed by atoms with Crippen molar-refractivity contribution >= 4 is 39.1 Å². The van der Waals surface area contributed by atoms with E-state index in [1.54, 1.807) is 63.4 Å². The first-order valence-electron chi connectivity index (χ1n) is 13.5. The van der Waals surface area contributed by atoms with Crippen LogP contribution in [0.25, 0.3) is 0 Å². The average molecular weight is 600 g/mol. The third kappa shape index (κ3) is 8.01. The van der Waals surface area contributed by atoms with Gasteiger partial charge in [-0.15, -0.1) is 0 Å². The van der Waals surface area contributed by atoms with Gasteiger partial charge in [-0.1, -0.05) is 48.4 Å². The van der Waals surface area contributed by atoms with E-state index in [0.29, 0.717) is 22.0 Å². The van der Waals surface area contributed by atoms with E-state index in [2.05, 4.69) is 5.32 Å². The third-order valence-electron chi connectivity index (χ3n) is 7.00. The largest absolute Gasteiger partial charge is 0.497 e. The second-order valence-corrected chi connectivity index (χ2v) is 12.4. The Morgan fingerprint density at radius 2 is 1.61 bits per heavy atom. The molecule has 41 heavy (non-hydrogen) atoms. The SMILES string of the molecule is CC[C@H](C)NC(=O)[C@@H](C)N(Cc1ccc(OC)cc1)C(=O)CN(c1ccc(Cl)cc1C)S(=O)(=O)c1ccc(C)cc1. The highest BCUT2D eigenvalue weighted by Crippen LogP contribution is 2.29. The summed E-state index contributed by atoms with van der Waals surface area (Å²) < 4.78 is 34.3. The van der Waals surface area contributed by atoms with Crippen LogP contribution in [0.1, 0.15) is 43.9 Å². The third-order valence-corrected chi connectivity index (χ3v) is 9.00. The Bertz CT molecular complexity index is 1460. The lowest BCUT2D eigenvalue weighted by Gasteiger charge is -2.33. The lowest BCUT2D eigenvalue weighted by atomic mass is 10.1. The molecule has 0 heterocycles. The van der Waals surface area contributed by atoms with Crippen LogP contribution in [0, 0.1) is 13.8 Å². The number of benzene rings is 3. The summed E-state index contributed by atoms with van der Waals surface area (Å²) in [5.41, 5.74) is 2.58. The zero-order valence-corrected chi connectivity index (χ0v) is 25.9. The van der Waals surface area contributed by atoms with Crippen molar-refractivity contribution in [1.29, 1.82) is 0 Å². The molecule has 2 amide bonds. The van der Waals surface area contributed by atoms with Crippen molar-refractivity contribution in [2.75, 3.05) is 18.0 Å². The minimum absolute atomic E-state index is 0.0505. The van der Waals surface area contributed by atoms with Gasteiger partial charge in [0.05, 0.1) is 17.7 Å². The maximum atomic E-state index is 14.1. The Hall–Kier alpha value is -3.56. The van der Waals surface area contributed by atoms with Crippen LogP contribution in [0.4, 0.5) is 5.69 Å². The minimum Gasteiger partial charge on any atom is -0.497 e. The zero-order valence-electron chi connectivity index (χ0n) is 24.3. The van der Waals surface area contributed by atoms with Crippen LogP contribution in [0.3, 0.4) is 0 Å². The Labute approximate surface area is 248 Å². The summed E-state index contributed by atoms with van der Waals surface area (Å²) in [6, 6.07) is 17.5. The number of hydrogen-bond acceptors (Lipinski definition) is 5. The number of nitrogens with one attached hydrogen (secondary N) is 1. The van der Waals surface area contributed by atoms with Crippen molar-refractivity contribution in [1.82, 2.24) is 10.2 Å². The number of anilines is 1. The molecule has 0 aliphatic heterocycles. The molecule has 3 aromatic rings. The first-order chi connectivity index (χ1) is 19.4. The molecule has 0 saturated heterocycles. The molecule has 0 saturated carbocycles. The number of carbonyl (C=O) groups is 2. The molecule has 220 valence electrons. The Morgan fingerprint density at radius 3 is 2.17 bits per heavy atom. The first kappa shape index (κ1) is 32.0.